The molecule has 0 radical (unpaired) electrons. The molecule has 1 heterocycles. The zero-order valence-corrected chi connectivity index (χ0v) is 10.5. The number of benzene rings is 1. The summed E-state index contributed by atoms with van der Waals surface area (Å²) in [6.07, 6.45) is 3.07. The van der Waals surface area contributed by atoms with Gasteiger partial charge in [-0.25, -0.2) is 0 Å². The molecular formula is C11H13BrN2O2. The zero-order valence-electron chi connectivity index (χ0n) is 8.94. The topological polar surface area (TPSA) is 69.1 Å². The fourth-order valence-electron chi connectivity index (χ4n) is 1.08. The number of nitrogens with two attached hydrogens (primary N) is 1. The monoisotopic (exact) mass is 284 g/mol. The summed E-state index contributed by atoms with van der Waals surface area (Å²) in [6.45, 7) is 1.92. The highest BCUT2D eigenvalue weighted by Crippen LogP contribution is 2.18. The fraction of sp³-hybridized carbons (Fsp3) is 0.273. The van der Waals surface area contributed by atoms with Gasteiger partial charge in [-0.15, -0.1) is 0 Å². The average Bonchev–Trinajstić information content (AvgIpc) is 2.65. The van der Waals surface area contributed by atoms with E-state index in [0.29, 0.717) is 6.42 Å². The van der Waals surface area contributed by atoms with Crippen molar-refractivity contribution in [3.63, 3.8) is 0 Å². The molecule has 0 bridgehead atoms. The van der Waals surface area contributed by atoms with Crippen molar-refractivity contribution >= 4 is 32.8 Å². The molecule has 5 heteroatoms. The predicted octanol–water partition coefficient (Wildman–Crippen LogP) is 2.86. The lowest BCUT2D eigenvalue weighted by atomic mass is 10.3. The third-order valence-corrected chi connectivity index (χ3v) is 2.31. The molecular weight excluding hydrogens is 272 g/mol. The van der Waals surface area contributed by atoms with Crippen LogP contribution in [0.25, 0.3) is 11.0 Å². The Kier molecular flexibility index (Phi) is 4.98. The minimum Gasteiger partial charge on any atom is -0.370 e. The smallest absolute Gasteiger partial charge is 0.217 e. The van der Waals surface area contributed by atoms with Crippen molar-refractivity contribution < 1.29 is 9.32 Å². The molecule has 16 heavy (non-hydrogen) atoms. The molecule has 2 aromatic rings. The van der Waals surface area contributed by atoms with E-state index >= 15 is 0 Å². The number of primary amides is 1. The van der Waals surface area contributed by atoms with Gasteiger partial charge in [0, 0.05) is 16.3 Å². The second kappa shape index (κ2) is 6.27. The van der Waals surface area contributed by atoms with Gasteiger partial charge in [-0.3, -0.25) is 4.79 Å². The summed E-state index contributed by atoms with van der Waals surface area (Å²) < 4.78 is 5.93. The van der Waals surface area contributed by atoms with Gasteiger partial charge in [-0.2, -0.15) is 0 Å². The summed E-state index contributed by atoms with van der Waals surface area (Å²) in [5.74, 6) is -0.211. The Bertz CT molecular complexity index is 468. The molecule has 86 valence electrons. The van der Waals surface area contributed by atoms with Gasteiger partial charge < -0.3 is 10.3 Å². The Hall–Kier alpha value is -1.36. The van der Waals surface area contributed by atoms with Crippen molar-refractivity contribution in [1.82, 2.24) is 5.16 Å². The van der Waals surface area contributed by atoms with Gasteiger partial charge in [0.25, 0.3) is 0 Å². The lowest BCUT2D eigenvalue weighted by Crippen LogP contribution is -2.08. The number of aromatic nitrogens is 1. The number of amides is 1. The fourth-order valence-corrected chi connectivity index (χ4v) is 1.42. The van der Waals surface area contributed by atoms with Crippen LogP contribution in [-0.4, -0.2) is 11.1 Å². The van der Waals surface area contributed by atoms with Gasteiger partial charge in [0.1, 0.15) is 0 Å². The van der Waals surface area contributed by atoms with Gasteiger partial charge in [0.2, 0.25) is 5.91 Å². The van der Waals surface area contributed by atoms with E-state index in [2.05, 4.69) is 21.1 Å². The van der Waals surface area contributed by atoms with Crippen molar-refractivity contribution in [2.45, 2.75) is 19.8 Å². The highest BCUT2D eigenvalue weighted by Gasteiger charge is 1.96. The molecule has 0 aliphatic carbocycles. The molecule has 0 fully saturated rings. The second-order valence-electron chi connectivity index (χ2n) is 3.22. The van der Waals surface area contributed by atoms with E-state index < -0.39 is 0 Å². The molecule has 1 amide bonds. The van der Waals surface area contributed by atoms with Crippen molar-refractivity contribution in [1.29, 1.82) is 0 Å². The van der Waals surface area contributed by atoms with E-state index in [9.17, 15) is 4.79 Å². The van der Waals surface area contributed by atoms with E-state index in [1.807, 2.05) is 25.1 Å². The molecule has 0 unspecified atom stereocenters. The maximum Gasteiger partial charge on any atom is 0.217 e. The van der Waals surface area contributed by atoms with E-state index in [1.54, 1.807) is 6.20 Å². The third kappa shape index (κ3) is 4.02. The largest absolute Gasteiger partial charge is 0.370 e. The van der Waals surface area contributed by atoms with Crippen molar-refractivity contribution in [2.75, 3.05) is 0 Å². The Labute approximate surface area is 102 Å². The van der Waals surface area contributed by atoms with Gasteiger partial charge in [0.05, 0.1) is 6.20 Å². The molecule has 0 saturated carbocycles. The SMILES string of the molecule is Brc1ccc2cnoc2c1.CCCC(N)=O. The zero-order chi connectivity index (χ0) is 12.0. The molecule has 2 N–H and O–H groups in total. The number of nitrogens with zero attached hydrogens (tertiary/aromatic N) is 1. The summed E-state index contributed by atoms with van der Waals surface area (Å²) in [7, 11) is 0. The van der Waals surface area contributed by atoms with Crippen LogP contribution in [0.1, 0.15) is 19.8 Å². The summed E-state index contributed by atoms with van der Waals surface area (Å²) in [5, 5.41) is 4.68. The quantitative estimate of drug-likeness (QED) is 0.922. The molecule has 0 atom stereocenters. The van der Waals surface area contributed by atoms with Crippen molar-refractivity contribution in [2.24, 2.45) is 5.73 Å². The minimum atomic E-state index is -0.211. The van der Waals surface area contributed by atoms with Crippen LogP contribution >= 0.6 is 15.9 Å². The van der Waals surface area contributed by atoms with Gasteiger partial charge in [-0.05, 0) is 24.6 Å². The van der Waals surface area contributed by atoms with Crippen LogP contribution < -0.4 is 5.73 Å². The predicted molar refractivity (Wildman–Crippen MR) is 65.8 cm³/mol. The van der Waals surface area contributed by atoms with Crippen LogP contribution in [0.4, 0.5) is 0 Å². The second-order valence-corrected chi connectivity index (χ2v) is 4.14. The van der Waals surface area contributed by atoms with E-state index in [0.717, 1.165) is 21.9 Å². The van der Waals surface area contributed by atoms with Crippen LogP contribution in [0.5, 0.6) is 0 Å². The van der Waals surface area contributed by atoms with Crippen LogP contribution in [0.2, 0.25) is 0 Å². The number of hydrogen-bond donors (Lipinski definition) is 1. The summed E-state index contributed by atoms with van der Waals surface area (Å²) in [5.41, 5.74) is 5.58. The number of fused-ring (bicyclic) bond motifs is 1. The molecule has 0 spiro atoms. The molecule has 2 rings (SSSR count). The molecule has 4 nitrogen and oxygen atoms in total. The highest BCUT2D eigenvalue weighted by atomic mass is 79.9. The molecule has 0 saturated heterocycles. The summed E-state index contributed by atoms with van der Waals surface area (Å²) in [4.78, 5) is 9.82. The van der Waals surface area contributed by atoms with E-state index in [1.165, 1.54) is 0 Å². The van der Waals surface area contributed by atoms with Crippen LogP contribution in [0, 0.1) is 0 Å². The number of halogens is 1. The van der Waals surface area contributed by atoms with Crippen LogP contribution in [0.15, 0.2) is 33.4 Å². The Morgan fingerprint density at radius 1 is 1.56 bits per heavy atom. The molecule has 0 aliphatic rings. The highest BCUT2D eigenvalue weighted by molar-refractivity contribution is 9.10. The van der Waals surface area contributed by atoms with Crippen LogP contribution in [-0.2, 0) is 4.79 Å². The van der Waals surface area contributed by atoms with Gasteiger partial charge in [0.15, 0.2) is 5.58 Å². The third-order valence-electron chi connectivity index (χ3n) is 1.81. The Morgan fingerprint density at radius 2 is 2.31 bits per heavy atom. The Balaban J connectivity index is 0.000000187. The number of rotatable bonds is 2. The van der Waals surface area contributed by atoms with Crippen molar-refractivity contribution in [3.8, 4) is 0 Å². The first-order chi connectivity index (χ1) is 7.63. The maximum absolute atomic E-state index is 9.82. The normalized spacial score (nSPS) is 9.62. The van der Waals surface area contributed by atoms with Crippen LogP contribution in [0.3, 0.4) is 0 Å². The van der Waals surface area contributed by atoms with Gasteiger partial charge in [-0.1, -0.05) is 28.0 Å². The van der Waals surface area contributed by atoms with E-state index in [4.69, 9.17) is 10.3 Å². The summed E-state index contributed by atoms with van der Waals surface area (Å²) in [6, 6.07) is 5.80. The number of carbonyl (C=O) groups is 1. The number of carbonyl (C=O) groups excluding carboxylic acids is 1. The minimum absolute atomic E-state index is 0.211. The average molecular weight is 285 g/mol. The van der Waals surface area contributed by atoms with E-state index in [-0.39, 0.29) is 5.91 Å². The Morgan fingerprint density at radius 3 is 2.88 bits per heavy atom. The maximum atomic E-state index is 9.82. The van der Waals surface area contributed by atoms with Gasteiger partial charge >= 0.3 is 0 Å². The molecule has 0 aliphatic heterocycles. The standard InChI is InChI=1S/C7H4BrNO.C4H9NO/c8-6-2-1-5-4-9-10-7(5)3-6;1-2-3-4(5)6/h1-4H;2-3H2,1H3,(H2,5,6). The first-order valence-electron chi connectivity index (χ1n) is 4.91. The van der Waals surface area contributed by atoms with Crippen molar-refractivity contribution in [3.05, 3.63) is 28.9 Å². The lowest BCUT2D eigenvalue weighted by molar-refractivity contribution is -0.118. The summed E-state index contributed by atoms with van der Waals surface area (Å²) >= 11 is 3.33. The number of hydrogen-bond acceptors (Lipinski definition) is 3. The first kappa shape index (κ1) is 12.7. The molecule has 1 aromatic carbocycles. The first-order valence-corrected chi connectivity index (χ1v) is 5.71. The lowest BCUT2D eigenvalue weighted by Gasteiger charge is -1.85. The molecule has 1 aromatic heterocycles.